The third kappa shape index (κ3) is 2.74. The molecule has 1 aromatic carbocycles. The summed E-state index contributed by atoms with van der Waals surface area (Å²) in [6.45, 7) is 2.31. The standard InChI is InChI=1S/C17H20N2O5/c20-15(19-8-6-17(7-9-19)22-10-11-23-17)13-14(24-16(21)18-13)12-4-2-1-3-5-12/h1-5,13-14H,6-11H2,(H,18,21). The van der Waals surface area contributed by atoms with Gasteiger partial charge in [0.15, 0.2) is 17.9 Å². The Labute approximate surface area is 139 Å². The number of nitrogens with zero attached hydrogens (tertiary/aromatic N) is 1. The number of piperidine rings is 1. The van der Waals surface area contributed by atoms with Crippen LogP contribution in [0.1, 0.15) is 24.5 Å². The molecular weight excluding hydrogens is 312 g/mol. The van der Waals surface area contributed by atoms with E-state index in [1.807, 2.05) is 30.3 Å². The number of alkyl carbamates (subject to hydrolysis) is 1. The third-order valence-electron chi connectivity index (χ3n) is 4.85. The molecule has 0 radical (unpaired) electrons. The summed E-state index contributed by atoms with van der Waals surface area (Å²) >= 11 is 0. The molecule has 4 rings (SSSR count). The first-order valence-corrected chi connectivity index (χ1v) is 8.26. The molecule has 24 heavy (non-hydrogen) atoms. The molecule has 1 N–H and O–H groups in total. The maximum Gasteiger partial charge on any atom is 0.408 e. The fourth-order valence-corrected chi connectivity index (χ4v) is 3.56. The predicted molar refractivity (Wildman–Crippen MR) is 83.0 cm³/mol. The monoisotopic (exact) mass is 332 g/mol. The first-order valence-electron chi connectivity index (χ1n) is 8.26. The van der Waals surface area contributed by atoms with Gasteiger partial charge in [-0.05, 0) is 5.56 Å². The Morgan fingerprint density at radius 2 is 1.79 bits per heavy atom. The summed E-state index contributed by atoms with van der Waals surface area (Å²) in [6, 6.07) is 8.63. The Morgan fingerprint density at radius 3 is 2.46 bits per heavy atom. The molecule has 3 heterocycles. The third-order valence-corrected chi connectivity index (χ3v) is 4.85. The molecule has 2 amide bonds. The van der Waals surface area contributed by atoms with Crippen molar-refractivity contribution >= 4 is 12.0 Å². The Hall–Kier alpha value is -2.12. The molecule has 0 saturated carbocycles. The highest BCUT2D eigenvalue weighted by Crippen LogP contribution is 2.33. The van der Waals surface area contributed by atoms with Crippen molar-refractivity contribution in [3.8, 4) is 0 Å². The van der Waals surface area contributed by atoms with Crippen molar-refractivity contribution in [2.24, 2.45) is 0 Å². The van der Waals surface area contributed by atoms with E-state index in [1.54, 1.807) is 4.90 Å². The summed E-state index contributed by atoms with van der Waals surface area (Å²) in [5, 5.41) is 2.65. The zero-order chi connectivity index (χ0) is 16.6. The van der Waals surface area contributed by atoms with Crippen LogP contribution in [0.25, 0.3) is 0 Å². The summed E-state index contributed by atoms with van der Waals surface area (Å²) in [5.74, 6) is -0.645. The number of hydrogen-bond donors (Lipinski definition) is 1. The van der Waals surface area contributed by atoms with E-state index < -0.39 is 24.0 Å². The first kappa shape index (κ1) is 15.4. The Morgan fingerprint density at radius 1 is 1.12 bits per heavy atom. The highest BCUT2D eigenvalue weighted by Gasteiger charge is 2.46. The zero-order valence-corrected chi connectivity index (χ0v) is 13.3. The van der Waals surface area contributed by atoms with Crippen LogP contribution < -0.4 is 5.32 Å². The van der Waals surface area contributed by atoms with Gasteiger partial charge >= 0.3 is 6.09 Å². The number of nitrogens with one attached hydrogen (secondary N) is 1. The van der Waals surface area contributed by atoms with Crippen molar-refractivity contribution in [2.75, 3.05) is 26.3 Å². The van der Waals surface area contributed by atoms with Gasteiger partial charge in [-0.3, -0.25) is 4.79 Å². The maximum absolute atomic E-state index is 12.9. The molecule has 1 spiro atoms. The fourth-order valence-electron chi connectivity index (χ4n) is 3.56. The molecule has 2 unspecified atom stereocenters. The quantitative estimate of drug-likeness (QED) is 0.881. The van der Waals surface area contributed by atoms with Gasteiger partial charge in [0.25, 0.3) is 0 Å². The van der Waals surface area contributed by atoms with Crippen LogP contribution in [-0.2, 0) is 19.0 Å². The van der Waals surface area contributed by atoms with Gasteiger partial charge in [-0.25, -0.2) is 4.79 Å². The molecule has 3 aliphatic rings. The second kappa shape index (κ2) is 6.07. The van der Waals surface area contributed by atoms with Gasteiger partial charge in [-0.2, -0.15) is 0 Å². The van der Waals surface area contributed by atoms with Gasteiger partial charge < -0.3 is 24.4 Å². The minimum Gasteiger partial charge on any atom is -0.439 e. The SMILES string of the molecule is O=C1NC(C(=O)N2CCC3(CC2)OCCO3)C(c2ccccc2)O1. The Bertz CT molecular complexity index is 619. The molecule has 3 fully saturated rings. The van der Waals surface area contributed by atoms with Gasteiger partial charge in [-0.15, -0.1) is 0 Å². The van der Waals surface area contributed by atoms with E-state index in [0.717, 1.165) is 5.56 Å². The predicted octanol–water partition coefficient (Wildman–Crippen LogP) is 1.20. The number of benzene rings is 1. The molecule has 7 heteroatoms. The molecule has 0 bridgehead atoms. The van der Waals surface area contributed by atoms with Crippen LogP contribution in [0.5, 0.6) is 0 Å². The van der Waals surface area contributed by atoms with Crippen LogP contribution in [0, 0.1) is 0 Å². The molecular formula is C17H20N2O5. The maximum atomic E-state index is 12.9. The summed E-state index contributed by atoms with van der Waals surface area (Å²) in [5.41, 5.74) is 0.810. The van der Waals surface area contributed by atoms with Gasteiger partial charge in [0.2, 0.25) is 5.91 Å². The van der Waals surface area contributed by atoms with E-state index in [0.29, 0.717) is 39.1 Å². The number of carbonyl (C=O) groups excluding carboxylic acids is 2. The summed E-state index contributed by atoms with van der Waals surface area (Å²) in [4.78, 5) is 26.3. The minimum atomic E-state index is -0.695. The highest BCUT2D eigenvalue weighted by atomic mass is 16.7. The lowest BCUT2D eigenvalue weighted by molar-refractivity contribution is -0.188. The van der Waals surface area contributed by atoms with E-state index in [4.69, 9.17) is 14.2 Å². The lowest BCUT2D eigenvalue weighted by atomic mass is 9.99. The lowest BCUT2D eigenvalue weighted by Gasteiger charge is -2.38. The van der Waals surface area contributed by atoms with Crippen molar-refractivity contribution in [1.29, 1.82) is 0 Å². The smallest absolute Gasteiger partial charge is 0.408 e. The second-order valence-corrected chi connectivity index (χ2v) is 6.29. The van der Waals surface area contributed by atoms with Gasteiger partial charge in [-0.1, -0.05) is 30.3 Å². The second-order valence-electron chi connectivity index (χ2n) is 6.29. The average Bonchev–Trinajstić information content (AvgIpc) is 3.23. The van der Waals surface area contributed by atoms with Gasteiger partial charge in [0.1, 0.15) is 0 Å². The molecule has 128 valence electrons. The topological polar surface area (TPSA) is 77.1 Å². The number of cyclic esters (lactones) is 1. The number of likely N-dealkylation sites (tertiary alicyclic amines) is 1. The van der Waals surface area contributed by atoms with Crippen LogP contribution in [0.4, 0.5) is 4.79 Å². The molecule has 3 saturated heterocycles. The lowest BCUT2D eigenvalue weighted by Crippen LogP contribution is -2.52. The fraction of sp³-hybridized carbons (Fsp3) is 0.529. The van der Waals surface area contributed by atoms with Crippen molar-refractivity contribution < 1.29 is 23.8 Å². The van der Waals surface area contributed by atoms with Gasteiger partial charge in [0, 0.05) is 25.9 Å². The molecule has 3 aliphatic heterocycles. The van der Waals surface area contributed by atoms with Crippen LogP contribution in [0.3, 0.4) is 0 Å². The van der Waals surface area contributed by atoms with E-state index in [1.165, 1.54) is 0 Å². The molecule has 0 aromatic heterocycles. The minimum absolute atomic E-state index is 0.123. The summed E-state index contributed by atoms with van der Waals surface area (Å²) in [6.07, 6.45) is 0.145. The number of ether oxygens (including phenoxy) is 3. The molecule has 2 atom stereocenters. The highest BCUT2D eigenvalue weighted by molar-refractivity contribution is 5.89. The van der Waals surface area contributed by atoms with Crippen molar-refractivity contribution in [1.82, 2.24) is 10.2 Å². The van der Waals surface area contributed by atoms with Crippen molar-refractivity contribution in [3.05, 3.63) is 35.9 Å². The number of carbonyl (C=O) groups is 2. The average molecular weight is 332 g/mol. The summed E-state index contributed by atoms with van der Waals surface area (Å²) < 4.78 is 16.7. The summed E-state index contributed by atoms with van der Waals surface area (Å²) in [7, 11) is 0. The van der Waals surface area contributed by atoms with Crippen LogP contribution in [0.2, 0.25) is 0 Å². The van der Waals surface area contributed by atoms with Crippen molar-refractivity contribution in [3.63, 3.8) is 0 Å². The van der Waals surface area contributed by atoms with Crippen LogP contribution >= 0.6 is 0 Å². The Kier molecular flexibility index (Phi) is 3.90. The van der Waals surface area contributed by atoms with Crippen LogP contribution in [0.15, 0.2) is 30.3 Å². The first-order chi connectivity index (χ1) is 11.7. The van der Waals surface area contributed by atoms with Gasteiger partial charge in [0.05, 0.1) is 13.2 Å². The van der Waals surface area contributed by atoms with Crippen LogP contribution in [-0.4, -0.2) is 55.0 Å². The number of hydrogen-bond acceptors (Lipinski definition) is 5. The normalized spacial score (nSPS) is 28.7. The van der Waals surface area contributed by atoms with E-state index in [-0.39, 0.29) is 5.91 Å². The van der Waals surface area contributed by atoms with E-state index in [2.05, 4.69) is 5.32 Å². The van der Waals surface area contributed by atoms with Crippen molar-refractivity contribution in [2.45, 2.75) is 30.8 Å². The number of rotatable bonds is 2. The largest absolute Gasteiger partial charge is 0.439 e. The number of amides is 2. The molecule has 1 aromatic rings. The Balaban J connectivity index is 1.46. The van der Waals surface area contributed by atoms with E-state index in [9.17, 15) is 9.59 Å². The zero-order valence-electron chi connectivity index (χ0n) is 13.3. The van der Waals surface area contributed by atoms with E-state index >= 15 is 0 Å². The molecule has 7 nitrogen and oxygen atoms in total. The molecule has 0 aliphatic carbocycles.